The molecule has 142 valence electrons. The second-order valence-electron chi connectivity index (χ2n) is 6.60. The van der Waals surface area contributed by atoms with E-state index in [-0.39, 0.29) is 5.91 Å². The Balaban J connectivity index is 1.48. The molecule has 2 heterocycles. The van der Waals surface area contributed by atoms with Gasteiger partial charge in [-0.25, -0.2) is 9.98 Å². The first-order valence-corrected chi connectivity index (χ1v) is 9.91. The summed E-state index contributed by atoms with van der Waals surface area (Å²) in [5.41, 5.74) is 8.99. The minimum Gasteiger partial charge on any atom is -0.397 e. The van der Waals surface area contributed by atoms with E-state index in [0.717, 1.165) is 41.6 Å². The molecule has 0 fully saturated rings. The molecule has 0 radical (unpaired) electrons. The lowest BCUT2D eigenvalue weighted by atomic mass is 10.2. The summed E-state index contributed by atoms with van der Waals surface area (Å²) < 4.78 is 0. The van der Waals surface area contributed by atoms with Crippen molar-refractivity contribution in [2.75, 3.05) is 17.6 Å². The van der Waals surface area contributed by atoms with E-state index in [0.29, 0.717) is 16.4 Å². The second-order valence-corrected chi connectivity index (χ2v) is 7.68. The fraction of sp³-hybridized carbons (Fsp3) is 0.190. The zero-order chi connectivity index (χ0) is 19.5. The SMILES string of the molecule is C/C(=N\c1ccccc1)N1CCc2nc(C(=O)Nc3ccccc3N)sc2C1. The quantitative estimate of drug-likeness (QED) is 0.400. The lowest BCUT2D eigenvalue weighted by molar-refractivity contribution is 0.102. The van der Waals surface area contributed by atoms with Crippen molar-refractivity contribution in [2.24, 2.45) is 4.99 Å². The van der Waals surface area contributed by atoms with Crippen LogP contribution in [0.25, 0.3) is 0 Å². The predicted molar refractivity (Wildman–Crippen MR) is 114 cm³/mol. The number of fused-ring (bicyclic) bond motifs is 1. The third kappa shape index (κ3) is 3.89. The minimum absolute atomic E-state index is 0.224. The molecule has 7 heteroatoms. The second kappa shape index (κ2) is 7.82. The van der Waals surface area contributed by atoms with Crippen LogP contribution in [0.1, 0.15) is 27.3 Å². The van der Waals surface area contributed by atoms with Crippen LogP contribution in [0.3, 0.4) is 0 Å². The molecule has 0 atom stereocenters. The number of carbonyl (C=O) groups excluding carboxylic acids is 1. The molecule has 1 aliphatic rings. The number of nitrogens with two attached hydrogens (primary N) is 1. The van der Waals surface area contributed by atoms with Gasteiger partial charge in [-0.2, -0.15) is 0 Å². The summed E-state index contributed by atoms with van der Waals surface area (Å²) in [6.07, 6.45) is 0.800. The van der Waals surface area contributed by atoms with Crippen molar-refractivity contribution in [1.29, 1.82) is 0 Å². The molecule has 0 saturated carbocycles. The van der Waals surface area contributed by atoms with Crippen LogP contribution in [0.15, 0.2) is 59.6 Å². The average Bonchev–Trinajstić information content (AvgIpc) is 3.14. The van der Waals surface area contributed by atoms with Gasteiger partial charge in [-0.15, -0.1) is 11.3 Å². The smallest absolute Gasteiger partial charge is 0.284 e. The molecule has 28 heavy (non-hydrogen) atoms. The molecule has 0 unspecified atom stereocenters. The number of amidine groups is 1. The van der Waals surface area contributed by atoms with Crippen LogP contribution in [0.2, 0.25) is 0 Å². The highest BCUT2D eigenvalue weighted by molar-refractivity contribution is 7.13. The number of hydrogen-bond acceptors (Lipinski definition) is 5. The number of rotatable bonds is 3. The lowest BCUT2D eigenvalue weighted by Crippen LogP contribution is -2.33. The maximum atomic E-state index is 12.6. The molecule has 1 aliphatic heterocycles. The summed E-state index contributed by atoms with van der Waals surface area (Å²) >= 11 is 1.44. The minimum atomic E-state index is -0.224. The molecule has 2 aromatic carbocycles. The van der Waals surface area contributed by atoms with E-state index in [1.54, 1.807) is 12.1 Å². The first kappa shape index (κ1) is 18.2. The van der Waals surface area contributed by atoms with Gasteiger partial charge in [0.15, 0.2) is 5.01 Å². The van der Waals surface area contributed by atoms with Crippen molar-refractivity contribution in [3.63, 3.8) is 0 Å². The number of nitrogen functional groups attached to an aromatic ring is 1. The Hall–Kier alpha value is -3.19. The molecular formula is C21H21N5OS. The summed E-state index contributed by atoms with van der Waals surface area (Å²) in [6.45, 7) is 3.58. The number of nitrogens with zero attached hydrogens (tertiary/aromatic N) is 3. The number of para-hydroxylation sites is 3. The van der Waals surface area contributed by atoms with Crippen molar-refractivity contribution < 1.29 is 4.79 Å². The van der Waals surface area contributed by atoms with Gasteiger partial charge in [-0.1, -0.05) is 30.3 Å². The Morgan fingerprint density at radius 2 is 1.93 bits per heavy atom. The molecule has 0 aliphatic carbocycles. The van der Waals surface area contributed by atoms with Gasteiger partial charge in [-0.05, 0) is 31.2 Å². The number of hydrogen-bond donors (Lipinski definition) is 2. The molecule has 1 aromatic heterocycles. The van der Waals surface area contributed by atoms with Crippen molar-refractivity contribution in [3.8, 4) is 0 Å². The topological polar surface area (TPSA) is 83.6 Å². The fourth-order valence-corrected chi connectivity index (χ4v) is 4.13. The van der Waals surface area contributed by atoms with Gasteiger partial charge in [0.25, 0.3) is 5.91 Å². The van der Waals surface area contributed by atoms with Crippen LogP contribution in [-0.4, -0.2) is 28.2 Å². The van der Waals surface area contributed by atoms with E-state index in [4.69, 9.17) is 10.7 Å². The van der Waals surface area contributed by atoms with E-state index >= 15 is 0 Å². The van der Waals surface area contributed by atoms with E-state index in [1.165, 1.54) is 11.3 Å². The molecule has 3 N–H and O–H groups in total. The summed E-state index contributed by atoms with van der Waals surface area (Å²) in [6, 6.07) is 17.1. The van der Waals surface area contributed by atoms with Gasteiger partial charge >= 0.3 is 0 Å². The predicted octanol–water partition coefficient (Wildman–Crippen LogP) is 4.09. The van der Waals surface area contributed by atoms with Crippen LogP contribution < -0.4 is 11.1 Å². The van der Waals surface area contributed by atoms with Gasteiger partial charge in [0, 0.05) is 17.8 Å². The van der Waals surface area contributed by atoms with Crippen LogP contribution >= 0.6 is 11.3 Å². The molecule has 0 saturated heterocycles. The Kier molecular flexibility index (Phi) is 5.08. The van der Waals surface area contributed by atoms with Crippen molar-refractivity contribution in [1.82, 2.24) is 9.88 Å². The lowest BCUT2D eigenvalue weighted by Gasteiger charge is -2.27. The van der Waals surface area contributed by atoms with E-state index in [9.17, 15) is 4.79 Å². The van der Waals surface area contributed by atoms with Crippen LogP contribution in [-0.2, 0) is 13.0 Å². The summed E-state index contributed by atoms with van der Waals surface area (Å²) in [7, 11) is 0. The molecule has 6 nitrogen and oxygen atoms in total. The van der Waals surface area contributed by atoms with Gasteiger partial charge in [0.1, 0.15) is 5.84 Å². The van der Waals surface area contributed by atoms with Gasteiger partial charge in [-0.3, -0.25) is 4.79 Å². The largest absolute Gasteiger partial charge is 0.397 e. The third-order valence-corrected chi connectivity index (χ3v) is 5.72. The number of aromatic nitrogens is 1. The molecule has 3 aromatic rings. The number of benzene rings is 2. The highest BCUT2D eigenvalue weighted by Crippen LogP contribution is 2.27. The van der Waals surface area contributed by atoms with Gasteiger partial charge < -0.3 is 16.0 Å². The highest BCUT2D eigenvalue weighted by Gasteiger charge is 2.24. The number of thiazole rings is 1. The number of anilines is 2. The monoisotopic (exact) mass is 391 g/mol. The third-order valence-electron chi connectivity index (χ3n) is 4.64. The molecule has 4 rings (SSSR count). The maximum absolute atomic E-state index is 12.6. The molecule has 1 amide bonds. The van der Waals surface area contributed by atoms with E-state index in [1.807, 2.05) is 49.4 Å². The van der Waals surface area contributed by atoms with Crippen molar-refractivity contribution in [2.45, 2.75) is 19.9 Å². The average molecular weight is 392 g/mol. The van der Waals surface area contributed by atoms with Crippen LogP contribution in [0, 0.1) is 0 Å². The molecule has 0 bridgehead atoms. The van der Waals surface area contributed by atoms with Crippen LogP contribution in [0.5, 0.6) is 0 Å². The Morgan fingerprint density at radius 1 is 1.18 bits per heavy atom. The molecule has 0 spiro atoms. The normalized spacial score (nSPS) is 13.9. The Labute approximate surface area is 167 Å². The molecular weight excluding hydrogens is 370 g/mol. The van der Waals surface area contributed by atoms with E-state index in [2.05, 4.69) is 15.2 Å². The zero-order valence-electron chi connectivity index (χ0n) is 15.6. The Morgan fingerprint density at radius 3 is 2.71 bits per heavy atom. The summed E-state index contributed by atoms with van der Waals surface area (Å²) in [5.74, 6) is 0.742. The standard InChI is InChI=1S/C21H21N5OS/c1-14(23-15-7-3-2-4-8-15)26-12-11-18-19(13-26)28-21(25-18)20(27)24-17-10-6-5-9-16(17)22/h2-10H,11-13,22H2,1H3,(H,24,27)/b23-14+. The number of amides is 1. The fourth-order valence-electron chi connectivity index (χ4n) is 3.12. The van der Waals surface area contributed by atoms with Crippen molar-refractivity contribution in [3.05, 3.63) is 70.2 Å². The van der Waals surface area contributed by atoms with Crippen molar-refractivity contribution >= 4 is 40.1 Å². The van der Waals surface area contributed by atoms with E-state index < -0.39 is 0 Å². The zero-order valence-corrected chi connectivity index (χ0v) is 16.4. The maximum Gasteiger partial charge on any atom is 0.284 e. The highest BCUT2D eigenvalue weighted by atomic mass is 32.1. The number of carbonyl (C=O) groups is 1. The first-order valence-electron chi connectivity index (χ1n) is 9.10. The number of aliphatic imine (C=N–C) groups is 1. The van der Waals surface area contributed by atoms with Gasteiger partial charge in [0.2, 0.25) is 0 Å². The summed E-state index contributed by atoms with van der Waals surface area (Å²) in [4.78, 5) is 25.2. The summed E-state index contributed by atoms with van der Waals surface area (Å²) in [5, 5.41) is 3.31. The van der Waals surface area contributed by atoms with Gasteiger partial charge in [0.05, 0.1) is 29.3 Å². The Bertz CT molecular complexity index is 1030. The van der Waals surface area contributed by atoms with Crippen LogP contribution in [0.4, 0.5) is 17.1 Å². The first-order chi connectivity index (χ1) is 13.6. The number of nitrogens with one attached hydrogen (secondary N) is 1.